The van der Waals surface area contributed by atoms with Crippen LogP contribution < -0.4 is 5.56 Å². The summed E-state index contributed by atoms with van der Waals surface area (Å²) in [6.07, 6.45) is 8.23. The largest absolute Gasteiger partial charge is 0.396 e. The van der Waals surface area contributed by atoms with Crippen LogP contribution in [0.1, 0.15) is 62.7 Å². The van der Waals surface area contributed by atoms with Crippen molar-refractivity contribution in [2.24, 2.45) is 11.8 Å². The fraction of sp³-hybridized carbons (Fsp3) is 0.625. The Hall–Kier alpha value is -2.41. The van der Waals surface area contributed by atoms with E-state index in [2.05, 4.69) is 6.08 Å². The highest BCUT2D eigenvalue weighted by Crippen LogP contribution is 2.49. The van der Waals surface area contributed by atoms with E-state index in [1.165, 1.54) is 6.92 Å². The molecule has 4 atom stereocenters. The lowest BCUT2D eigenvalue weighted by Gasteiger charge is -2.35. The second-order valence-corrected chi connectivity index (χ2v) is 9.42. The number of rotatable bonds is 3. The molecule has 3 aliphatic heterocycles. The van der Waals surface area contributed by atoms with Gasteiger partial charge in [0.1, 0.15) is 6.04 Å². The smallest absolute Gasteiger partial charge is 0.258 e. The number of pyridine rings is 1. The maximum atomic E-state index is 13.5. The molecule has 2 amide bonds. The van der Waals surface area contributed by atoms with E-state index in [1.54, 1.807) is 9.47 Å². The normalized spacial score (nSPS) is 29.7. The molecule has 0 saturated carbocycles. The predicted octanol–water partition coefficient (Wildman–Crippen LogP) is 1.94. The van der Waals surface area contributed by atoms with Crippen LogP contribution in [-0.4, -0.2) is 57.0 Å². The van der Waals surface area contributed by atoms with Crippen molar-refractivity contribution in [3.8, 4) is 0 Å². The van der Waals surface area contributed by atoms with E-state index in [0.29, 0.717) is 19.6 Å². The van der Waals surface area contributed by atoms with Crippen molar-refractivity contribution in [3.05, 3.63) is 39.8 Å². The van der Waals surface area contributed by atoms with Crippen molar-refractivity contribution >= 4 is 17.4 Å². The topological polar surface area (TPSA) is 82.9 Å². The van der Waals surface area contributed by atoms with Gasteiger partial charge in [0, 0.05) is 56.3 Å². The first-order valence-corrected chi connectivity index (χ1v) is 11.6. The predicted molar refractivity (Wildman–Crippen MR) is 116 cm³/mol. The number of aromatic nitrogens is 1. The van der Waals surface area contributed by atoms with Gasteiger partial charge in [0.05, 0.1) is 6.04 Å². The number of hydrogen-bond donors (Lipinski definition) is 1. The van der Waals surface area contributed by atoms with Gasteiger partial charge in [-0.3, -0.25) is 14.4 Å². The zero-order chi connectivity index (χ0) is 21.7. The minimum absolute atomic E-state index is 0.0147. The van der Waals surface area contributed by atoms with Crippen molar-refractivity contribution in [2.45, 2.75) is 64.1 Å². The Morgan fingerprint density at radius 1 is 1.13 bits per heavy atom. The maximum Gasteiger partial charge on any atom is 0.258 e. The maximum absolute atomic E-state index is 13.5. The fourth-order valence-corrected chi connectivity index (χ4v) is 6.29. The average Bonchev–Trinajstić information content (AvgIpc) is 3.49. The molecule has 4 aliphatic rings. The van der Waals surface area contributed by atoms with Gasteiger partial charge in [0.2, 0.25) is 11.8 Å². The summed E-state index contributed by atoms with van der Waals surface area (Å²) >= 11 is 0. The van der Waals surface area contributed by atoms with Crippen LogP contribution in [0.15, 0.2) is 23.0 Å². The van der Waals surface area contributed by atoms with Gasteiger partial charge in [-0.15, -0.1) is 0 Å². The Morgan fingerprint density at radius 3 is 2.55 bits per heavy atom. The van der Waals surface area contributed by atoms with Crippen LogP contribution >= 0.6 is 0 Å². The number of aliphatic hydroxyl groups is 1. The first kappa shape index (κ1) is 20.5. The number of allylic oxidation sites excluding steroid dienone is 2. The van der Waals surface area contributed by atoms with Crippen LogP contribution in [0.5, 0.6) is 0 Å². The summed E-state index contributed by atoms with van der Waals surface area (Å²) in [5, 5.41) is 10.3. The zero-order valence-electron chi connectivity index (χ0n) is 18.1. The summed E-state index contributed by atoms with van der Waals surface area (Å²) in [4.78, 5) is 43.1. The molecule has 1 aromatic heterocycles. The third-order valence-electron chi connectivity index (χ3n) is 7.75. The number of carbonyl (C=O) groups is 2. The Kier molecular flexibility index (Phi) is 5.24. The molecule has 7 nitrogen and oxygen atoms in total. The molecule has 1 aromatic rings. The quantitative estimate of drug-likeness (QED) is 0.802. The lowest BCUT2D eigenvalue weighted by molar-refractivity contribution is -0.146. The van der Waals surface area contributed by atoms with Gasteiger partial charge in [-0.2, -0.15) is 0 Å². The highest BCUT2D eigenvalue weighted by Gasteiger charge is 2.57. The van der Waals surface area contributed by atoms with Crippen LogP contribution in [0.4, 0.5) is 0 Å². The monoisotopic (exact) mass is 425 g/mol. The third kappa shape index (κ3) is 3.16. The SMILES string of the molecule is CC(=O)N1[C@@H]2c3ccc(C4=CCCC4)c(=O)n3C[C@@H]2[C@@H](CO)[C@@H]1C(=O)N1CCCCC1. The summed E-state index contributed by atoms with van der Waals surface area (Å²) in [6, 6.07) is 2.85. The van der Waals surface area contributed by atoms with Crippen LogP contribution in [-0.2, 0) is 16.1 Å². The fourth-order valence-electron chi connectivity index (χ4n) is 6.29. The van der Waals surface area contributed by atoms with Crippen LogP contribution in [0, 0.1) is 11.8 Å². The number of piperidine rings is 1. The molecule has 2 fully saturated rings. The summed E-state index contributed by atoms with van der Waals surface area (Å²) in [5.74, 6) is -0.723. The standard InChI is InChI=1S/C24H31N3O4/c1-15(29)27-21-18(19(14-28)22(27)24(31)25-11-5-2-6-12-25)13-26-20(21)10-9-17(23(26)30)16-7-3-4-8-16/h7,9-10,18-19,21-22,28H,2-6,8,11-14H2,1H3/t18-,19-,21+,22-/m1/s1. The van der Waals surface area contributed by atoms with Gasteiger partial charge < -0.3 is 19.5 Å². The molecule has 1 aliphatic carbocycles. The Bertz CT molecular complexity index is 991. The van der Waals surface area contributed by atoms with E-state index in [0.717, 1.165) is 55.4 Å². The molecule has 1 N–H and O–H groups in total. The second kappa shape index (κ2) is 7.93. The van der Waals surface area contributed by atoms with Crippen molar-refractivity contribution in [1.29, 1.82) is 0 Å². The van der Waals surface area contributed by atoms with Crippen LogP contribution in [0.25, 0.3) is 5.57 Å². The first-order valence-electron chi connectivity index (χ1n) is 11.6. The molecule has 0 radical (unpaired) electrons. The van der Waals surface area contributed by atoms with E-state index in [4.69, 9.17) is 0 Å². The first-order chi connectivity index (χ1) is 15.0. The second-order valence-electron chi connectivity index (χ2n) is 9.42. The zero-order valence-corrected chi connectivity index (χ0v) is 18.1. The molecule has 166 valence electrons. The third-order valence-corrected chi connectivity index (χ3v) is 7.75. The van der Waals surface area contributed by atoms with Gasteiger partial charge in [-0.05, 0) is 56.2 Å². The van der Waals surface area contributed by atoms with E-state index in [9.17, 15) is 19.5 Å². The van der Waals surface area contributed by atoms with Gasteiger partial charge in [0.15, 0.2) is 0 Å². The number of hydrogen-bond acceptors (Lipinski definition) is 4. The molecule has 31 heavy (non-hydrogen) atoms. The van der Waals surface area contributed by atoms with Crippen LogP contribution in [0.3, 0.4) is 0 Å². The minimum Gasteiger partial charge on any atom is -0.396 e. The van der Waals surface area contributed by atoms with E-state index in [1.807, 2.05) is 17.0 Å². The van der Waals surface area contributed by atoms with E-state index < -0.39 is 6.04 Å². The average molecular weight is 426 g/mol. The molecule has 0 unspecified atom stereocenters. The van der Waals surface area contributed by atoms with Crippen molar-refractivity contribution in [3.63, 3.8) is 0 Å². The summed E-state index contributed by atoms with van der Waals surface area (Å²) in [7, 11) is 0. The van der Waals surface area contributed by atoms with Gasteiger partial charge in [-0.25, -0.2) is 0 Å². The highest BCUT2D eigenvalue weighted by atomic mass is 16.3. The molecule has 0 bridgehead atoms. The minimum atomic E-state index is -0.656. The molecule has 7 heteroatoms. The van der Waals surface area contributed by atoms with Gasteiger partial charge in [0.25, 0.3) is 5.56 Å². The van der Waals surface area contributed by atoms with Crippen molar-refractivity contribution < 1.29 is 14.7 Å². The molecule has 4 heterocycles. The van der Waals surface area contributed by atoms with E-state index in [-0.39, 0.29) is 41.9 Å². The number of fused-ring (bicyclic) bond motifs is 3. The summed E-state index contributed by atoms with van der Waals surface area (Å²) < 4.78 is 1.78. The van der Waals surface area contributed by atoms with Crippen LogP contribution in [0.2, 0.25) is 0 Å². The van der Waals surface area contributed by atoms with Crippen molar-refractivity contribution in [1.82, 2.24) is 14.4 Å². The Labute approximate surface area is 182 Å². The highest BCUT2D eigenvalue weighted by molar-refractivity contribution is 5.88. The molecule has 2 saturated heterocycles. The summed E-state index contributed by atoms with van der Waals surface area (Å²) in [6.45, 7) is 3.19. The van der Waals surface area contributed by atoms with Gasteiger partial charge in [-0.1, -0.05) is 6.08 Å². The summed E-state index contributed by atoms with van der Waals surface area (Å²) in [5.41, 5.74) is 2.63. The molecule has 0 spiro atoms. The Morgan fingerprint density at radius 2 is 1.90 bits per heavy atom. The Balaban J connectivity index is 1.54. The molecule has 5 rings (SSSR count). The number of likely N-dealkylation sites (tertiary alicyclic amines) is 2. The molecule has 0 aromatic carbocycles. The van der Waals surface area contributed by atoms with E-state index >= 15 is 0 Å². The van der Waals surface area contributed by atoms with Crippen molar-refractivity contribution in [2.75, 3.05) is 19.7 Å². The lowest BCUT2D eigenvalue weighted by Crippen LogP contribution is -2.52. The molecular weight excluding hydrogens is 394 g/mol. The number of nitrogens with zero attached hydrogens (tertiary/aromatic N) is 3. The number of amides is 2. The number of aliphatic hydroxyl groups excluding tert-OH is 1. The lowest BCUT2D eigenvalue weighted by atomic mass is 9.88. The van der Waals surface area contributed by atoms with Gasteiger partial charge >= 0.3 is 0 Å². The molecular formula is C24H31N3O4. The number of carbonyl (C=O) groups excluding carboxylic acids is 2.